The largest absolute Gasteiger partial charge is 0.494 e. The highest BCUT2D eigenvalue weighted by Gasteiger charge is 2.08. The number of halogens is 1. The van der Waals surface area contributed by atoms with Crippen LogP contribution in [0.1, 0.15) is 19.4 Å². The average Bonchev–Trinajstić information content (AvgIpc) is 2.76. The lowest BCUT2D eigenvalue weighted by Crippen LogP contribution is -2.23. The molecule has 7 nitrogen and oxygen atoms in total. The van der Waals surface area contributed by atoms with E-state index in [0.29, 0.717) is 48.6 Å². The van der Waals surface area contributed by atoms with Crippen molar-refractivity contribution < 1.29 is 18.6 Å². The molecule has 0 bridgehead atoms. The fourth-order valence-electron chi connectivity index (χ4n) is 2.73. The summed E-state index contributed by atoms with van der Waals surface area (Å²) >= 11 is 0. The molecule has 0 aliphatic rings. The number of nitrogens with zero attached hydrogens (tertiary/aromatic N) is 2. The molecule has 1 heterocycles. The predicted octanol–water partition coefficient (Wildman–Crippen LogP) is 4.74. The molecule has 3 rings (SSSR count). The van der Waals surface area contributed by atoms with Gasteiger partial charge in [0, 0.05) is 18.3 Å². The second kappa shape index (κ2) is 10.8. The number of aromatic nitrogens is 1. The Hall–Kier alpha value is -3.81. The molecule has 0 saturated heterocycles. The van der Waals surface area contributed by atoms with Crippen LogP contribution in [0.4, 0.5) is 10.1 Å². The smallest absolute Gasteiger partial charge is 0.219 e. The number of aliphatic imine (C=N–C) groups is 1. The fraction of sp³-hybridized carbons (Fsp3) is 0.217. The molecule has 3 aromatic rings. The van der Waals surface area contributed by atoms with E-state index in [1.807, 2.05) is 38.1 Å². The zero-order chi connectivity index (χ0) is 22.1. The van der Waals surface area contributed by atoms with Gasteiger partial charge >= 0.3 is 0 Å². The van der Waals surface area contributed by atoms with Crippen LogP contribution in [0, 0.1) is 5.82 Å². The van der Waals surface area contributed by atoms with Crippen LogP contribution < -0.4 is 25.3 Å². The highest BCUT2D eigenvalue weighted by Crippen LogP contribution is 2.29. The van der Waals surface area contributed by atoms with Crippen molar-refractivity contribution >= 4 is 11.6 Å². The number of nitrogens with two attached hydrogens (primary N) is 1. The number of guanidine groups is 1. The summed E-state index contributed by atoms with van der Waals surface area (Å²) in [5.41, 5.74) is 7.60. The van der Waals surface area contributed by atoms with E-state index in [1.165, 1.54) is 24.3 Å². The zero-order valence-electron chi connectivity index (χ0n) is 17.5. The van der Waals surface area contributed by atoms with Crippen molar-refractivity contribution in [1.82, 2.24) is 4.98 Å². The van der Waals surface area contributed by atoms with Crippen molar-refractivity contribution in [2.75, 3.05) is 18.5 Å². The SMILES string of the molecule is CCOc1ccc(OCC)c(NC(N)=NCc2ccnc(Oc3ccc(F)cc3)c2)c1. The van der Waals surface area contributed by atoms with Crippen LogP contribution in [-0.4, -0.2) is 24.2 Å². The standard InChI is InChI=1S/C23H25FN4O3/c1-3-29-19-9-10-21(30-4-2)20(14-19)28-23(25)27-15-16-11-12-26-22(13-16)31-18-7-5-17(24)6-8-18/h5-14H,3-4,15H2,1-2H3,(H3,25,27,28). The maximum atomic E-state index is 13.0. The van der Waals surface area contributed by atoms with Crippen LogP contribution in [0.5, 0.6) is 23.1 Å². The second-order valence-corrected chi connectivity index (χ2v) is 6.41. The van der Waals surface area contributed by atoms with E-state index in [2.05, 4.69) is 15.3 Å². The lowest BCUT2D eigenvalue weighted by molar-refractivity contribution is 0.332. The van der Waals surface area contributed by atoms with Crippen LogP contribution in [-0.2, 0) is 6.54 Å². The molecule has 0 saturated carbocycles. The number of anilines is 1. The summed E-state index contributed by atoms with van der Waals surface area (Å²) in [4.78, 5) is 8.55. The monoisotopic (exact) mass is 424 g/mol. The first-order valence-corrected chi connectivity index (χ1v) is 9.92. The van der Waals surface area contributed by atoms with Gasteiger partial charge in [0.25, 0.3) is 0 Å². The van der Waals surface area contributed by atoms with Gasteiger partial charge in [0.2, 0.25) is 5.88 Å². The Kier molecular flexibility index (Phi) is 7.64. The molecule has 0 spiro atoms. The topological polar surface area (TPSA) is 91.0 Å². The van der Waals surface area contributed by atoms with Crippen molar-refractivity contribution in [3.8, 4) is 23.1 Å². The number of pyridine rings is 1. The Bertz CT molecular complexity index is 1030. The molecular weight excluding hydrogens is 399 g/mol. The van der Waals surface area contributed by atoms with Gasteiger partial charge in [-0.15, -0.1) is 0 Å². The Labute approximate surface area is 180 Å². The second-order valence-electron chi connectivity index (χ2n) is 6.41. The summed E-state index contributed by atoms with van der Waals surface area (Å²) < 4.78 is 29.9. The van der Waals surface area contributed by atoms with Crippen LogP contribution >= 0.6 is 0 Å². The third-order valence-electron chi connectivity index (χ3n) is 4.09. The molecule has 31 heavy (non-hydrogen) atoms. The number of hydrogen-bond acceptors (Lipinski definition) is 5. The van der Waals surface area contributed by atoms with Gasteiger partial charge in [-0.2, -0.15) is 0 Å². The molecular formula is C23H25FN4O3. The number of ether oxygens (including phenoxy) is 3. The summed E-state index contributed by atoms with van der Waals surface area (Å²) in [6, 6.07) is 14.8. The molecule has 0 fully saturated rings. The molecule has 0 radical (unpaired) electrons. The molecule has 0 atom stereocenters. The third-order valence-corrected chi connectivity index (χ3v) is 4.09. The molecule has 2 aromatic carbocycles. The summed E-state index contributed by atoms with van der Waals surface area (Å²) in [5.74, 6) is 2.14. The molecule has 0 unspecified atom stereocenters. The van der Waals surface area contributed by atoms with Crippen molar-refractivity contribution in [3.05, 3.63) is 72.2 Å². The third kappa shape index (κ3) is 6.60. The van der Waals surface area contributed by atoms with Gasteiger partial charge in [0.1, 0.15) is 23.1 Å². The Morgan fingerprint density at radius 1 is 1.00 bits per heavy atom. The van der Waals surface area contributed by atoms with Crippen LogP contribution in [0.25, 0.3) is 0 Å². The highest BCUT2D eigenvalue weighted by atomic mass is 19.1. The molecule has 3 N–H and O–H groups in total. The van der Waals surface area contributed by atoms with Crippen molar-refractivity contribution in [2.45, 2.75) is 20.4 Å². The van der Waals surface area contributed by atoms with Gasteiger partial charge in [0.15, 0.2) is 5.96 Å². The number of hydrogen-bond donors (Lipinski definition) is 2. The van der Waals surface area contributed by atoms with Crippen molar-refractivity contribution in [3.63, 3.8) is 0 Å². The van der Waals surface area contributed by atoms with Crippen molar-refractivity contribution in [2.24, 2.45) is 10.7 Å². The molecule has 8 heteroatoms. The molecule has 0 aliphatic heterocycles. The van der Waals surface area contributed by atoms with Crippen LogP contribution in [0.2, 0.25) is 0 Å². The minimum Gasteiger partial charge on any atom is -0.494 e. The lowest BCUT2D eigenvalue weighted by Gasteiger charge is -2.14. The lowest BCUT2D eigenvalue weighted by atomic mass is 10.2. The van der Waals surface area contributed by atoms with Crippen LogP contribution in [0.3, 0.4) is 0 Å². The van der Waals surface area contributed by atoms with E-state index >= 15 is 0 Å². The maximum Gasteiger partial charge on any atom is 0.219 e. The van der Waals surface area contributed by atoms with Crippen LogP contribution in [0.15, 0.2) is 65.8 Å². The maximum absolute atomic E-state index is 13.0. The van der Waals surface area contributed by atoms with Crippen molar-refractivity contribution in [1.29, 1.82) is 0 Å². The van der Waals surface area contributed by atoms with E-state index in [1.54, 1.807) is 12.3 Å². The molecule has 0 amide bonds. The molecule has 162 valence electrons. The Balaban J connectivity index is 1.68. The minimum absolute atomic E-state index is 0.229. The number of nitrogens with one attached hydrogen (secondary N) is 1. The summed E-state index contributed by atoms with van der Waals surface area (Å²) in [6.45, 7) is 5.22. The first-order valence-electron chi connectivity index (χ1n) is 9.92. The van der Waals surface area contributed by atoms with Gasteiger partial charge in [0.05, 0.1) is 25.4 Å². The number of benzene rings is 2. The quantitative estimate of drug-likeness (QED) is 0.381. The van der Waals surface area contributed by atoms with E-state index in [-0.39, 0.29) is 11.8 Å². The average molecular weight is 424 g/mol. The molecule has 0 aliphatic carbocycles. The summed E-state index contributed by atoms with van der Waals surface area (Å²) in [6.07, 6.45) is 1.62. The van der Waals surface area contributed by atoms with Gasteiger partial charge in [-0.1, -0.05) is 0 Å². The van der Waals surface area contributed by atoms with E-state index in [4.69, 9.17) is 19.9 Å². The zero-order valence-corrected chi connectivity index (χ0v) is 17.5. The highest BCUT2D eigenvalue weighted by molar-refractivity contribution is 5.94. The van der Waals surface area contributed by atoms with E-state index in [9.17, 15) is 4.39 Å². The minimum atomic E-state index is -0.328. The predicted molar refractivity (Wildman–Crippen MR) is 118 cm³/mol. The van der Waals surface area contributed by atoms with Gasteiger partial charge in [-0.3, -0.25) is 0 Å². The summed E-state index contributed by atoms with van der Waals surface area (Å²) in [7, 11) is 0. The Morgan fingerprint density at radius 2 is 1.74 bits per heavy atom. The number of rotatable bonds is 9. The van der Waals surface area contributed by atoms with Gasteiger partial charge in [-0.05, 0) is 61.9 Å². The first kappa shape index (κ1) is 21.9. The Morgan fingerprint density at radius 3 is 2.48 bits per heavy atom. The summed E-state index contributed by atoms with van der Waals surface area (Å²) in [5, 5.41) is 3.06. The first-order chi connectivity index (χ1) is 15.1. The molecule has 1 aromatic heterocycles. The fourth-order valence-corrected chi connectivity index (χ4v) is 2.73. The van der Waals surface area contributed by atoms with Gasteiger partial charge < -0.3 is 25.3 Å². The normalized spacial score (nSPS) is 11.1. The van der Waals surface area contributed by atoms with E-state index in [0.717, 1.165) is 5.56 Å². The van der Waals surface area contributed by atoms with E-state index < -0.39 is 0 Å². The van der Waals surface area contributed by atoms with Gasteiger partial charge in [-0.25, -0.2) is 14.4 Å².